The molecule has 1 aliphatic rings. The van der Waals surface area contributed by atoms with Crippen molar-refractivity contribution in [2.75, 3.05) is 6.54 Å². The molecule has 0 aliphatic carbocycles. The molecule has 2 rings (SSSR count). The Bertz CT molecular complexity index is 449. The lowest BCUT2D eigenvalue weighted by Gasteiger charge is -2.12. The van der Waals surface area contributed by atoms with E-state index in [0.29, 0.717) is 6.04 Å². The van der Waals surface area contributed by atoms with Gasteiger partial charge >= 0.3 is 5.69 Å². The maximum Gasteiger partial charge on any atom is 0.345 e. The molecule has 0 aromatic carbocycles. The van der Waals surface area contributed by atoms with Gasteiger partial charge in [0.2, 0.25) is 0 Å². The normalized spacial score (nSPS) is 16.3. The van der Waals surface area contributed by atoms with Crippen molar-refractivity contribution in [2.24, 2.45) is 0 Å². The van der Waals surface area contributed by atoms with Crippen LogP contribution < -0.4 is 11.0 Å². The van der Waals surface area contributed by atoms with Gasteiger partial charge in [0.1, 0.15) is 5.82 Å². The summed E-state index contributed by atoms with van der Waals surface area (Å²) >= 11 is 0. The summed E-state index contributed by atoms with van der Waals surface area (Å²) in [5.74, 6) is 0.980. The van der Waals surface area contributed by atoms with Crippen LogP contribution >= 0.6 is 0 Å². The largest absolute Gasteiger partial charge is 0.345 e. The maximum absolute atomic E-state index is 12.1. The minimum Gasteiger partial charge on any atom is -0.314 e. The van der Waals surface area contributed by atoms with Crippen LogP contribution in [0.5, 0.6) is 0 Å². The highest BCUT2D eigenvalue weighted by Gasteiger charge is 2.16. The molecular weight excluding hydrogens is 240 g/mol. The molecule has 2 heterocycles. The van der Waals surface area contributed by atoms with Gasteiger partial charge in [-0.1, -0.05) is 6.92 Å². The molecule has 0 radical (unpaired) electrons. The number of aryl methyl sites for hydroxylation is 2. The van der Waals surface area contributed by atoms with Gasteiger partial charge < -0.3 is 5.32 Å². The van der Waals surface area contributed by atoms with Crippen molar-refractivity contribution in [3.05, 3.63) is 16.3 Å². The third kappa shape index (κ3) is 3.69. The van der Waals surface area contributed by atoms with Crippen molar-refractivity contribution in [3.8, 4) is 0 Å². The fourth-order valence-corrected chi connectivity index (χ4v) is 2.63. The van der Waals surface area contributed by atoms with Crippen LogP contribution in [0.3, 0.4) is 0 Å². The summed E-state index contributed by atoms with van der Waals surface area (Å²) in [5, 5.41) is 7.93. The van der Waals surface area contributed by atoms with Crippen molar-refractivity contribution in [3.63, 3.8) is 0 Å². The lowest BCUT2D eigenvalue weighted by molar-refractivity contribution is 0.456. The minimum absolute atomic E-state index is 0.0869. The molecule has 0 amide bonds. The molecule has 0 saturated carbocycles. The molecule has 1 atom stereocenters. The summed E-state index contributed by atoms with van der Waals surface area (Å²) in [6, 6.07) is 0.521. The number of nitrogens with one attached hydrogen (secondary N) is 1. The van der Waals surface area contributed by atoms with E-state index in [1.54, 1.807) is 4.68 Å². The van der Waals surface area contributed by atoms with Gasteiger partial charge in [0.15, 0.2) is 0 Å². The predicted molar refractivity (Wildman–Crippen MR) is 76.4 cm³/mol. The van der Waals surface area contributed by atoms with Crippen molar-refractivity contribution in [1.29, 1.82) is 0 Å². The number of fused-ring (bicyclic) bond motifs is 1. The van der Waals surface area contributed by atoms with Crippen LogP contribution in [0.1, 0.15) is 51.8 Å². The third-order valence-electron chi connectivity index (χ3n) is 3.78. The highest BCUT2D eigenvalue weighted by atomic mass is 16.2. The highest BCUT2D eigenvalue weighted by molar-refractivity contribution is 4.91. The van der Waals surface area contributed by atoms with E-state index in [4.69, 9.17) is 0 Å². The van der Waals surface area contributed by atoms with E-state index in [1.165, 1.54) is 0 Å². The first-order valence-corrected chi connectivity index (χ1v) is 7.62. The molecule has 1 aromatic rings. The van der Waals surface area contributed by atoms with Crippen molar-refractivity contribution < 1.29 is 0 Å². The Labute approximate surface area is 115 Å². The number of aromatic nitrogens is 3. The second-order valence-corrected chi connectivity index (χ2v) is 5.53. The second kappa shape index (κ2) is 6.89. The third-order valence-corrected chi connectivity index (χ3v) is 3.78. The average Bonchev–Trinajstić information content (AvgIpc) is 2.74. The number of hydrogen-bond acceptors (Lipinski definition) is 3. The van der Waals surface area contributed by atoms with Crippen LogP contribution in [0.2, 0.25) is 0 Å². The Morgan fingerprint density at radius 1 is 1.42 bits per heavy atom. The summed E-state index contributed by atoms with van der Waals surface area (Å²) in [7, 11) is 0. The molecule has 1 N–H and O–H groups in total. The van der Waals surface area contributed by atoms with Gasteiger partial charge in [0, 0.05) is 25.6 Å². The zero-order valence-corrected chi connectivity index (χ0v) is 12.2. The topological polar surface area (TPSA) is 51.9 Å². The lowest BCUT2D eigenvalue weighted by Crippen LogP contribution is -2.29. The monoisotopic (exact) mass is 266 g/mol. The maximum atomic E-state index is 12.1. The van der Waals surface area contributed by atoms with Gasteiger partial charge in [0.25, 0.3) is 0 Å². The van der Waals surface area contributed by atoms with Crippen LogP contribution in [-0.2, 0) is 19.5 Å². The number of hydrogen-bond donors (Lipinski definition) is 1. The first-order valence-electron chi connectivity index (χ1n) is 7.62. The molecule has 0 spiro atoms. The van der Waals surface area contributed by atoms with Crippen molar-refractivity contribution in [2.45, 2.75) is 71.5 Å². The standard InChI is InChI=1S/C14H26N4O/c1-3-9-15-12(2)7-6-11-18-14(19)17-10-5-4-8-13(17)16-18/h12,15H,3-11H2,1-2H3. The van der Waals surface area contributed by atoms with E-state index >= 15 is 0 Å². The Kier molecular flexibility index (Phi) is 5.19. The smallest absolute Gasteiger partial charge is 0.314 e. The Morgan fingerprint density at radius 2 is 2.26 bits per heavy atom. The van der Waals surface area contributed by atoms with Gasteiger partial charge in [-0.3, -0.25) is 4.57 Å². The summed E-state index contributed by atoms with van der Waals surface area (Å²) in [6.45, 7) is 7.05. The van der Waals surface area contributed by atoms with Crippen LogP contribution in [0, 0.1) is 0 Å². The zero-order valence-electron chi connectivity index (χ0n) is 12.2. The van der Waals surface area contributed by atoms with Crippen LogP contribution in [0.4, 0.5) is 0 Å². The zero-order chi connectivity index (χ0) is 13.7. The van der Waals surface area contributed by atoms with Gasteiger partial charge in [-0.2, -0.15) is 5.10 Å². The molecule has 19 heavy (non-hydrogen) atoms. The minimum atomic E-state index is 0.0869. The van der Waals surface area contributed by atoms with Crippen LogP contribution in [-0.4, -0.2) is 26.9 Å². The summed E-state index contributed by atoms with van der Waals surface area (Å²) < 4.78 is 3.51. The first kappa shape index (κ1) is 14.3. The quantitative estimate of drug-likeness (QED) is 0.814. The van der Waals surface area contributed by atoms with Crippen LogP contribution in [0.25, 0.3) is 0 Å². The first-order chi connectivity index (χ1) is 9.22. The van der Waals surface area contributed by atoms with E-state index in [2.05, 4.69) is 24.3 Å². The molecule has 108 valence electrons. The van der Waals surface area contributed by atoms with E-state index in [1.807, 2.05) is 4.57 Å². The average molecular weight is 266 g/mol. The summed E-state index contributed by atoms with van der Waals surface area (Å²) in [6.07, 6.45) is 6.49. The molecular formula is C14H26N4O. The lowest BCUT2D eigenvalue weighted by atomic mass is 10.2. The number of nitrogens with zero attached hydrogens (tertiary/aromatic N) is 3. The van der Waals surface area contributed by atoms with Crippen molar-refractivity contribution in [1.82, 2.24) is 19.7 Å². The van der Waals surface area contributed by atoms with Gasteiger partial charge in [-0.05, 0) is 45.6 Å². The number of rotatable bonds is 7. The molecule has 0 saturated heterocycles. The van der Waals surface area contributed by atoms with E-state index < -0.39 is 0 Å². The predicted octanol–water partition coefficient (Wildman–Crippen LogP) is 1.55. The van der Waals surface area contributed by atoms with Crippen LogP contribution in [0.15, 0.2) is 4.79 Å². The molecule has 1 aliphatic heterocycles. The van der Waals surface area contributed by atoms with E-state index in [-0.39, 0.29) is 5.69 Å². The molecule has 1 unspecified atom stereocenters. The SMILES string of the molecule is CCCNC(C)CCCn1nc2n(c1=O)CCCC2. The Morgan fingerprint density at radius 3 is 3.00 bits per heavy atom. The molecule has 5 nitrogen and oxygen atoms in total. The summed E-state index contributed by atoms with van der Waals surface area (Å²) in [4.78, 5) is 12.1. The summed E-state index contributed by atoms with van der Waals surface area (Å²) in [5.41, 5.74) is 0.0869. The van der Waals surface area contributed by atoms with Crippen molar-refractivity contribution >= 4 is 0 Å². The van der Waals surface area contributed by atoms with Gasteiger partial charge in [-0.25, -0.2) is 9.48 Å². The van der Waals surface area contributed by atoms with E-state index in [0.717, 1.165) is 64.0 Å². The highest BCUT2D eigenvalue weighted by Crippen LogP contribution is 2.09. The molecule has 5 heteroatoms. The van der Waals surface area contributed by atoms with E-state index in [9.17, 15) is 4.79 Å². The fraction of sp³-hybridized carbons (Fsp3) is 0.857. The molecule has 0 bridgehead atoms. The molecule has 1 aromatic heterocycles. The van der Waals surface area contributed by atoms with Gasteiger partial charge in [-0.15, -0.1) is 0 Å². The second-order valence-electron chi connectivity index (χ2n) is 5.53. The Hall–Kier alpha value is -1.10. The molecule has 0 fully saturated rings. The fourth-order valence-electron chi connectivity index (χ4n) is 2.63. The van der Waals surface area contributed by atoms with Gasteiger partial charge in [0.05, 0.1) is 0 Å². The Balaban J connectivity index is 1.83.